The minimum Gasteiger partial charge on any atom is -0.393 e. The van der Waals surface area contributed by atoms with Crippen molar-refractivity contribution in [1.29, 1.82) is 5.26 Å². The monoisotopic (exact) mass is 312 g/mol. The van der Waals surface area contributed by atoms with E-state index in [0.29, 0.717) is 13.0 Å². The lowest BCUT2D eigenvalue weighted by atomic mass is 9.95. The lowest BCUT2D eigenvalue weighted by Gasteiger charge is -2.33. The molecule has 1 aromatic carbocycles. The lowest BCUT2D eigenvalue weighted by molar-refractivity contribution is 0.0885. The van der Waals surface area contributed by atoms with E-state index in [-0.39, 0.29) is 17.4 Å². The first kappa shape index (κ1) is 15.9. The van der Waals surface area contributed by atoms with E-state index < -0.39 is 27.5 Å². The van der Waals surface area contributed by atoms with Crippen molar-refractivity contribution in [3.8, 4) is 6.07 Å². The van der Waals surface area contributed by atoms with Gasteiger partial charge in [0.15, 0.2) is 0 Å². The molecule has 7 heteroatoms. The highest BCUT2D eigenvalue weighted by Gasteiger charge is 2.33. The number of benzene rings is 1. The minimum absolute atomic E-state index is 0.146. The van der Waals surface area contributed by atoms with E-state index >= 15 is 0 Å². The Hall–Kier alpha value is -1.49. The fraction of sp³-hybridized carbons (Fsp3) is 0.500. The van der Waals surface area contributed by atoms with Gasteiger partial charge in [0.1, 0.15) is 22.3 Å². The van der Waals surface area contributed by atoms with E-state index in [9.17, 15) is 17.9 Å². The Bertz CT molecular complexity index is 667. The molecule has 0 amide bonds. The molecule has 2 rings (SSSR count). The number of aliphatic hydroxyl groups is 1. The second-order valence-corrected chi connectivity index (χ2v) is 7.14. The van der Waals surface area contributed by atoms with Gasteiger partial charge >= 0.3 is 0 Å². The Kier molecular flexibility index (Phi) is 4.61. The summed E-state index contributed by atoms with van der Waals surface area (Å²) < 4.78 is 40.1. The van der Waals surface area contributed by atoms with Crippen LogP contribution in [0.25, 0.3) is 0 Å². The summed E-state index contributed by atoms with van der Waals surface area (Å²) >= 11 is 0. The van der Waals surface area contributed by atoms with E-state index in [0.717, 1.165) is 12.5 Å². The molecule has 1 heterocycles. The third kappa shape index (κ3) is 3.07. The third-order valence-corrected chi connectivity index (χ3v) is 5.72. The summed E-state index contributed by atoms with van der Waals surface area (Å²) in [5, 5.41) is 18.6. The van der Waals surface area contributed by atoms with Crippen molar-refractivity contribution in [2.45, 2.75) is 30.8 Å². The molecule has 0 bridgehead atoms. The standard InChI is InChI=1S/C14H17FN2O3S/c1-10(18)11-4-3-7-17(9-11)21(19,20)14-6-2-5-13(15)12(14)8-16/h2,5-6,10-11,18H,3-4,7,9H2,1H3. The van der Waals surface area contributed by atoms with E-state index in [1.807, 2.05) is 0 Å². The average molecular weight is 312 g/mol. The van der Waals surface area contributed by atoms with Gasteiger partial charge in [0.25, 0.3) is 0 Å². The average Bonchev–Trinajstić information content (AvgIpc) is 2.47. The number of hydrogen-bond acceptors (Lipinski definition) is 4. The van der Waals surface area contributed by atoms with E-state index in [1.165, 1.54) is 16.4 Å². The number of aliphatic hydroxyl groups excluding tert-OH is 1. The van der Waals surface area contributed by atoms with Gasteiger partial charge in [-0.15, -0.1) is 0 Å². The Labute approximate surface area is 123 Å². The molecule has 1 aromatic rings. The summed E-state index contributed by atoms with van der Waals surface area (Å²) in [7, 11) is -3.93. The van der Waals surface area contributed by atoms with Crippen molar-refractivity contribution in [3.05, 3.63) is 29.6 Å². The van der Waals surface area contributed by atoms with Crippen LogP contribution in [0.2, 0.25) is 0 Å². The summed E-state index contributed by atoms with van der Waals surface area (Å²) in [5.41, 5.74) is -0.461. The fourth-order valence-electron chi connectivity index (χ4n) is 2.55. The molecule has 0 spiro atoms. The topological polar surface area (TPSA) is 81.4 Å². The Balaban J connectivity index is 2.39. The van der Waals surface area contributed by atoms with Gasteiger partial charge in [0, 0.05) is 13.1 Å². The van der Waals surface area contributed by atoms with Crippen molar-refractivity contribution in [1.82, 2.24) is 4.31 Å². The maximum absolute atomic E-state index is 13.6. The molecular weight excluding hydrogens is 295 g/mol. The molecular formula is C14H17FN2O3S. The Morgan fingerprint density at radius 2 is 2.24 bits per heavy atom. The molecule has 0 aromatic heterocycles. The van der Waals surface area contributed by atoms with Crippen molar-refractivity contribution < 1.29 is 17.9 Å². The first-order valence-corrected chi connectivity index (χ1v) is 8.18. The second kappa shape index (κ2) is 6.10. The zero-order chi connectivity index (χ0) is 15.6. The Morgan fingerprint density at radius 3 is 2.86 bits per heavy atom. The van der Waals surface area contributed by atoms with E-state index in [2.05, 4.69) is 0 Å². The number of halogens is 1. The zero-order valence-electron chi connectivity index (χ0n) is 11.7. The predicted molar refractivity (Wildman–Crippen MR) is 74.3 cm³/mol. The van der Waals surface area contributed by atoms with Crippen LogP contribution < -0.4 is 0 Å². The number of nitriles is 1. The van der Waals surface area contributed by atoms with E-state index in [1.54, 1.807) is 13.0 Å². The van der Waals surface area contributed by atoms with Crippen LogP contribution in [0.4, 0.5) is 4.39 Å². The first-order chi connectivity index (χ1) is 9.87. The zero-order valence-corrected chi connectivity index (χ0v) is 12.5. The largest absolute Gasteiger partial charge is 0.393 e. The van der Waals surface area contributed by atoms with Crippen molar-refractivity contribution in [2.75, 3.05) is 13.1 Å². The maximum Gasteiger partial charge on any atom is 0.244 e. The predicted octanol–water partition coefficient (Wildman–Crippen LogP) is 1.48. The highest BCUT2D eigenvalue weighted by molar-refractivity contribution is 7.89. The summed E-state index contributed by atoms with van der Waals surface area (Å²) in [6.45, 7) is 2.12. The van der Waals surface area contributed by atoms with Crippen LogP contribution in [-0.2, 0) is 10.0 Å². The molecule has 1 N–H and O–H groups in total. The summed E-state index contributed by atoms with van der Waals surface area (Å²) in [4.78, 5) is -0.309. The molecule has 0 saturated carbocycles. The molecule has 21 heavy (non-hydrogen) atoms. The number of sulfonamides is 1. The van der Waals surface area contributed by atoms with Crippen LogP contribution in [0.1, 0.15) is 25.3 Å². The maximum atomic E-state index is 13.6. The van der Waals surface area contributed by atoms with Gasteiger partial charge in [-0.05, 0) is 37.8 Å². The molecule has 5 nitrogen and oxygen atoms in total. The van der Waals surface area contributed by atoms with Crippen LogP contribution in [0.3, 0.4) is 0 Å². The molecule has 0 radical (unpaired) electrons. The molecule has 0 aliphatic carbocycles. The minimum atomic E-state index is -3.93. The van der Waals surface area contributed by atoms with Gasteiger partial charge in [-0.1, -0.05) is 6.07 Å². The van der Waals surface area contributed by atoms with E-state index in [4.69, 9.17) is 5.26 Å². The summed E-state index contributed by atoms with van der Waals surface area (Å²) in [5.74, 6) is -0.990. The highest BCUT2D eigenvalue weighted by Crippen LogP contribution is 2.27. The number of nitrogens with zero attached hydrogens (tertiary/aromatic N) is 2. The quantitative estimate of drug-likeness (QED) is 0.916. The van der Waals surface area contributed by atoms with Crippen molar-refractivity contribution in [2.24, 2.45) is 5.92 Å². The van der Waals surface area contributed by atoms with Crippen molar-refractivity contribution >= 4 is 10.0 Å². The van der Waals surface area contributed by atoms with Crippen LogP contribution in [0, 0.1) is 23.1 Å². The Morgan fingerprint density at radius 1 is 1.52 bits per heavy atom. The first-order valence-electron chi connectivity index (χ1n) is 6.74. The van der Waals surface area contributed by atoms with Crippen LogP contribution >= 0.6 is 0 Å². The van der Waals surface area contributed by atoms with Gasteiger partial charge in [0.2, 0.25) is 10.0 Å². The van der Waals surface area contributed by atoms with Gasteiger partial charge in [-0.3, -0.25) is 0 Å². The molecule has 2 unspecified atom stereocenters. The molecule has 1 saturated heterocycles. The van der Waals surface area contributed by atoms with Gasteiger partial charge < -0.3 is 5.11 Å². The summed E-state index contributed by atoms with van der Waals surface area (Å²) in [6.07, 6.45) is 0.773. The third-order valence-electron chi connectivity index (χ3n) is 3.81. The fourth-order valence-corrected chi connectivity index (χ4v) is 4.24. The SMILES string of the molecule is CC(O)C1CCCN(S(=O)(=O)c2cccc(F)c2C#N)C1. The molecule has 1 fully saturated rings. The van der Waals surface area contributed by atoms with Gasteiger partial charge in [-0.25, -0.2) is 12.8 Å². The molecule has 2 atom stereocenters. The van der Waals surface area contributed by atoms with Gasteiger partial charge in [0.05, 0.1) is 6.10 Å². The van der Waals surface area contributed by atoms with Crippen LogP contribution in [-0.4, -0.2) is 37.0 Å². The van der Waals surface area contributed by atoms with Crippen LogP contribution in [0.5, 0.6) is 0 Å². The summed E-state index contributed by atoms with van der Waals surface area (Å²) in [6, 6.07) is 5.19. The molecule has 1 aliphatic rings. The second-order valence-electron chi connectivity index (χ2n) is 5.23. The van der Waals surface area contributed by atoms with Crippen LogP contribution in [0.15, 0.2) is 23.1 Å². The smallest absolute Gasteiger partial charge is 0.244 e. The highest BCUT2D eigenvalue weighted by atomic mass is 32.2. The molecule has 1 aliphatic heterocycles. The number of rotatable bonds is 3. The van der Waals surface area contributed by atoms with Crippen molar-refractivity contribution in [3.63, 3.8) is 0 Å². The number of piperidine rings is 1. The molecule has 114 valence electrons. The lowest BCUT2D eigenvalue weighted by Crippen LogP contribution is -2.43. The normalized spacial score (nSPS) is 21.7. The number of hydrogen-bond donors (Lipinski definition) is 1. The van der Waals surface area contributed by atoms with Gasteiger partial charge in [-0.2, -0.15) is 9.57 Å².